The Bertz CT molecular complexity index is 793. The summed E-state index contributed by atoms with van der Waals surface area (Å²) in [5.41, 5.74) is 1.40. The average Bonchev–Trinajstić information content (AvgIpc) is 3.09. The number of benzene rings is 1. The van der Waals surface area contributed by atoms with E-state index in [0.717, 1.165) is 68.5 Å². The predicted molar refractivity (Wildman–Crippen MR) is 111 cm³/mol. The number of para-hydroxylation sites is 1. The number of rotatable bonds is 7. The van der Waals surface area contributed by atoms with Crippen molar-refractivity contribution in [3.63, 3.8) is 0 Å². The van der Waals surface area contributed by atoms with Crippen LogP contribution in [0.5, 0.6) is 17.2 Å². The molecule has 0 saturated carbocycles. The topological polar surface area (TPSA) is 53.1 Å². The van der Waals surface area contributed by atoms with Crippen molar-refractivity contribution in [2.45, 2.75) is 19.4 Å². The van der Waals surface area contributed by atoms with Crippen LogP contribution in [0.4, 0.5) is 0 Å². The molecule has 3 heterocycles. The largest absolute Gasteiger partial charge is 0.493 e. The number of aromatic nitrogens is 1. The van der Waals surface area contributed by atoms with Crippen molar-refractivity contribution in [2.24, 2.45) is 11.3 Å². The molecule has 2 saturated heterocycles. The van der Waals surface area contributed by atoms with E-state index in [-0.39, 0.29) is 5.41 Å². The number of hydrogen-bond donors (Lipinski definition) is 0. The molecule has 6 nitrogen and oxygen atoms in total. The molecule has 0 bridgehead atoms. The Balaban J connectivity index is 1.49. The molecule has 156 valence electrons. The van der Waals surface area contributed by atoms with Gasteiger partial charge in [0.2, 0.25) is 0 Å². The molecule has 2 aliphatic rings. The van der Waals surface area contributed by atoms with Crippen LogP contribution in [0.15, 0.2) is 42.7 Å². The van der Waals surface area contributed by atoms with Gasteiger partial charge in [-0.3, -0.25) is 9.88 Å². The first-order chi connectivity index (χ1) is 14.2. The van der Waals surface area contributed by atoms with Crippen LogP contribution in [0.2, 0.25) is 0 Å². The van der Waals surface area contributed by atoms with Crippen molar-refractivity contribution < 1.29 is 18.9 Å². The van der Waals surface area contributed by atoms with E-state index in [4.69, 9.17) is 18.9 Å². The maximum absolute atomic E-state index is 6.12. The highest BCUT2D eigenvalue weighted by Gasteiger charge is 2.47. The maximum atomic E-state index is 6.12. The molecule has 0 amide bonds. The van der Waals surface area contributed by atoms with Crippen LogP contribution in [0.25, 0.3) is 0 Å². The summed E-state index contributed by atoms with van der Waals surface area (Å²) in [4.78, 5) is 6.69. The number of pyridine rings is 1. The summed E-state index contributed by atoms with van der Waals surface area (Å²) >= 11 is 0. The van der Waals surface area contributed by atoms with Crippen molar-refractivity contribution in [1.29, 1.82) is 0 Å². The minimum atomic E-state index is 0.243. The van der Waals surface area contributed by atoms with Gasteiger partial charge in [0.1, 0.15) is 5.75 Å². The van der Waals surface area contributed by atoms with E-state index in [9.17, 15) is 0 Å². The van der Waals surface area contributed by atoms with Crippen LogP contribution in [0.1, 0.15) is 18.4 Å². The van der Waals surface area contributed by atoms with Crippen molar-refractivity contribution in [3.8, 4) is 17.2 Å². The van der Waals surface area contributed by atoms with Crippen LogP contribution in [0, 0.1) is 11.3 Å². The summed E-state index contributed by atoms with van der Waals surface area (Å²) in [6.07, 6.45) is 5.72. The Labute approximate surface area is 172 Å². The highest BCUT2D eigenvalue weighted by atomic mass is 16.5. The summed E-state index contributed by atoms with van der Waals surface area (Å²) in [6, 6.07) is 9.97. The van der Waals surface area contributed by atoms with Gasteiger partial charge in [0, 0.05) is 50.5 Å². The molecule has 2 aromatic rings. The standard InChI is InChI=1S/C23H30N2O4/c1-26-21-7-3-5-18(22(21)27-2)14-25-15-19(16-29-20-6-4-10-24-13-20)23(17-25)8-11-28-12-9-23/h3-7,10,13,19H,8-9,11-12,14-17H2,1-2H3. The zero-order valence-corrected chi connectivity index (χ0v) is 17.3. The van der Waals surface area contributed by atoms with Crippen LogP contribution < -0.4 is 14.2 Å². The first kappa shape index (κ1) is 20.0. The quantitative estimate of drug-likeness (QED) is 0.713. The van der Waals surface area contributed by atoms with Gasteiger partial charge in [-0.1, -0.05) is 12.1 Å². The number of ether oxygens (including phenoxy) is 4. The minimum Gasteiger partial charge on any atom is -0.493 e. The summed E-state index contributed by atoms with van der Waals surface area (Å²) in [6.45, 7) is 5.27. The minimum absolute atomic E-state index is 0.243. The fourth-order valence-corrected chi connectivity index (χ4v) is 4.79. The van der Waals surface area contributed by atoms with Gasteiger partial charge in [-0.05, 0) is 36.5 Å². The first-order valence-corrected chi connectivity index (χ1v) is 10.3. The second-order valence-corrected chi connectivity index (χ2v) is 7.99. The Hall–Kier alpha value is -2.31. The third-order valence-corrected chi connectivity index (χ3v) is 6.34. The third kappa shape index (κ3) is 4.33. The number of likely N-dealkylation sites (tertiary alicyclic amines) is 1. The molecule has 4 rings (SSSR count). The van der Waals surface area contributed by atoms with Crippen LogP contribution >= 0.6 is 0 Å². The summed E-state index contributed by atoms with van der Waals surface area (Å²) in [5.74, 6) is 2.90. The Morgan fingerprint density at radius 2 is 2.00 bits per heavy atom. The number of hydrogen-bond acceptors (Lipinski definition) is 6. The van der Waals surface area contributed by atoms with Gasteiger partial charge in [-0.25, -0.2) is 0 Å². The van der Waals surface area contributed by atoms with Crippen LogP contribution in [0.3, 0.4) is 0 Å². The fraction of sp³-hybridized carbons (Fsp3) is 0.522. The lowest BCUT2D eigenvalue weighted by molar-refractivity contribution is -0.00945. The Morgan fingerprint density at radius 1 is 1.14 bits per heavy atom. The molecule has 6 heteroatoms. The molecule has 1 aromatic heterocycles. The lowest BCUT2D eigenvalue weighted by Crippen LogP contribution is -2.39. The summed E-state index contributed by atoms with van der Waals surface area (Å²) in [5, 5.41) is 0. The Kier molecular flexibility index (Phi) is 6.21. The van der Waals surface area contributed by atoms with Gasteiger partial charge in [-0.2, -0.15) is 0 Å². The van der Waals surface area contributed by atoms with E-state index in [0.29, 0.717) is 12.5 Å². The van der Waals surface area contributed by atoms with Crippen molar-refractivity contribution in [1.82, 2.24) is 9.88 Å². The predicted octanol–water partition coefficient (Wildman–Crippen LogP) is 3.41. The smallest absolute Gasteiger partial charge is 0.165 e. The molecule has 1 aromatic carbocycles. The SMILES string of the molecule is COc1cccc(CN2CC(COc3cccnc3)C3(CCOCC3)C2)c1OC. The van der Waals surface area contributed by atoms with Gasteiger partial charge < -0.3 is 18.9 Å². The molecule has 2 aliphatic heterocycles. The molecular formula is C23H30N2O4. The van der Waals surface area contributed by atoms with E-state index in [1.54, 1.807) is 26.6 Å². The zero-order chi connectivity index (χ0) is 20.1. The van der Waals surface area contributed by atoms with Crippen LogP contribution in [-0.2, 0) is 11.3 Å². The van der Waals surface area contributed by atoms with E-state index in [1.807, 2.05) is 24.3 Å². The van der Waals surface area contributed by atoms with Gasteiger partial charge >= 0.3 is 0 Å². The zero-order valence-electron chi connectivity index (χ0n) is 17.3. The lowest BCUT2D eigenvalue weighted by Gasteiger charge is -2.38. The monoisotopic (exact) mass is 398 g/mol. The highest BCUT2D eigenvalue weighted by Crippen LogP contribution is 2.45. The van der Waals surface area contributed by atoms with E-state index in [2.05, 4.69) is 16.0 Å². The average molecular weight is 399 g/mol. The molecule has 0 radical (unpaired) electrons. The molecule has 1 atom stereocenters. The molecule has 0 aliphatic carbocycles. The fourth-order valence-electron chi connectivity index (χ4n) is 4.79. The van der Waals surface area contributed by atoms with Gasteiger partial charge in [0.05, 0.1) is 27.0 Å². The lowest BCUT2D eigenvalue weighted by atomic mass is 9.72. The number of nitrogens with zero attached hydrogens (tertiary/aromatic N) is 2. The van der Waals surface area contributed by atoms with E-state index >= 15 is 0 Å². The third-order valence-electron chi connectivity index (χ3n) is 6.34. The van der Waals surface area contributed by atoms with Gasteiger partial charge in [0.15, 0.2) is 11.5 Å². The van der Waals surface area contributed by atoms with Gasteiger partial charge in [-0.15, -0.1) is 0 Å². The second-order valence-electron chi connectivity index (χ2n) is 7.99. The van der Waals surface area contributed by atoms with E-state index in [1.165, 1.54) is 0 Å². The van der Waals surface area contributed by atoms with Crippen LogP contribution in [-0.4, -0.2) is 57.0 Å². The summed E-state index contributed by atoms with van der Waals surface area (Å²) in [7, 11) is 3.39. The van der Waals surface area contributed by atoms with E-state index < -0.39 is 0 Å². The Morgan fingerprint density at radius 3 is 2.72 bits per heavy atom. The molecule has 29 heavy (non-hydrogen) atoms. The maximum Gasteiger partial charge on any atom is 0.165 e. The summed E-state index contributed by atoms with van der Waals surface area (Å²) < 4.78 is 22.9. The molecule has 1 unspecified atom stereocenters. The highest BCUT2D eigenvalue weighted by molar-refractivity contribution is 5.46. The first-order valence-electron chi connectivity index (χ1n) is 10.3. The molecule has 0 N–H and O–H groups in total. The normalized spacial score (nSPS) is 21.2. The second kappa shape index (κ2) is 9.01. The van der Waals surface area contributed by atoms with Crippen molar-refractivity contribution in [2.75, 3.05) is 47.1 Å². The molecular weight excluding hydrogens is 368 g/mol. The van der Waals surface area contributed by atoms with Crippen molar-refractivity contribution in [3.05, 3.63) is 48.3 Å². The molecule has 2 fully saturated rings. The number of methoxy groups -OCH3 is 2. The molecule has 1 spiro atoms. The van der Waals surface area contributed by atoms with Crippen molar-refractivity contribution >= 4 is 0 Å². The van der Waals surface area contributed by atoms with Gasteiger partial charge in [0.25, 0.3) is 0 Å².